The van der Waals surface area contributed by atoms with Crippen molar-refractivity contribution < 1.29 is 81.5 Å². The summed E-state index contributed by atoms with van der Waals surface area (Å²) in [6, 6.07) is 7.47. The van der Waals surface area contributed by atoms with Gasteiger partial charge in [0.25, 0.3) is 0 Å². The number of ketones is 4. The topological polar surface area (TPSA) is 391 Å². The zero-order chi connectivity index (χ0) is 60.0. The summed E-state index contributed by atoms with van der Waals surface area (Å²) in [5, 5.41) is 16.8. The second kappa shape index (κ2) is 36.1. The number of hydrogen-bond acceptors (Lipinski definition) is 21. The van der Waals surface area contributed by atoms with Crippen LogP contribution in [0.15, 0.2) is 24.3 Å². The first-order chi connectivity index (χ1) is 38.5. The van der Waals surface area contributed by atoms with Gasteiger partial charge in [-0.2, -0.15) is 0 Å². The number of aromatic nitrogens is 3. The average molecular weight is 1160 g/mol. The first-order valence-corrected chi connectivity index (χ1v) is 27.9. The Morgan fingerprint density at radius 3 is 2.02 bits per heavy atom. The van der Waals surface area contributed by atoms with Crippen LogP contribution in [0, 0.1) is 5.92 Å². The molecule has 0 saturated carbocycles. The molecule has 3 aromatic rings. The molecule has 0 radical (unpaired) electrons. The molecule has 450 valence electrons. The standard InChI is InChI=1S/C54H81N9O17S/c1-6-75-32-43-61-48-49(39-11-7-8-12-40(39)60-50(48)56)63(43)34-53(2,3)80-47(72)16-14-42(67)54(4,5)62-45(69)17-19-58-52(74)41(29-46(70)71)81-33-35(51(57)73)28-36(64)18-21-77-23-25-79-27-26-78-24-22-76-20-9-10-38(66)31-59-44(68)15-13-37(65)30-55/h7-8,11-12,35,41H,6,9-10,13-34,55H2,1-5H3,(H2,56,60)(H2,57,73)(H,58,74)(H,59,68)(H,62,69)(H,70,71). The molecule has 2 unspecified atom stereocenters. The molecule has 81 heavy (non-hydrogen) atoms. The second-order valence-corrected chi connectivity index (χ2v) is 21.2. The van der Waals surface area contributed by atoms with Gasteiger partial charge < -0.3 is 71.2 Å². The maximum atomic E-state index is 13.3. The Balaban J connectivity index is 1.30. The van der Waals surface area contributed by atoms with Gasteiger partial charge in [-0.3, -0.25) is 47.9 Å². The minimum absolute atomic E-state index is 0.00812. The summed E-state index contributed by atoms with van der Waals surface area (Å²) in [6.45, 7) is 10.6. The van der Waals surface area contributed by atoms with Crippen LogP contribution in [0.5, 0.6) is 0 Å². The number of para-hydroxylation sites is 1. The first kappa shape index (κ1) is 68.8. The molecule has 2 heterocycles. The number of amides is 4. The minimum atomic E-state index is -1.41. The van der Waals surface area contributed by atoms with Crippen LogP contribution in [-0.2, 0) is 89.5 Å². The highest BCUT2D eigenvalue weighted by atomic mass is 32.2. The van der Waals surface area contributed by atoms with E-state index in [4.69, 9.17) is 50.6 Å². The summed E-state index contributed by atoms with van der Waals surface area (Å²) in [7, 11) is 0. The molecule has 0 bridgehead atoms. The number of esters is 1. The number of thioether (sulfide) groups is 1. The van der Waals surface area contributed by atoms with Crippen LogP contribution in [0.2, 0.25) is 0 Å². The lowest BCUT2D eigenvalue weighted by Gasteiger charge is -2.28. The monoisotopic (exact) mass is 1160 g/mol. The molecule has 1 aromatic carbocycles. The minimum Gasteiger partial charge on any atom is -0.481 e. The van der Waals surface area contributed by atoms with Crippen LogP contribution in [0.4, 0.5) is 5.82 Å². The van der Waals surface area contributed by atoms with Crippen molar-refractivity contribution in [3.8, 4) is 0 Å². The molecule has 4 amide bonds. The number of carboxylic acids is 1. The molecule has 2 atom stereocenters. The number of carbonyl (C=O) groups is 10. The molecule has 10 N–H and O–H groups in total. The van der Waals surface area contributed by atoms with E-state index in [0.29, 0.717) is 61.8 Å². The van der Waals surface area contributed by atoms with Crippen LogP contribution in [0.3, 0.4) is 0 Å². The Morgan fingerprint density at radius 2 is 1.38 bits per heavy atom. The maximum absolute atomic E-state index is 13.3. The predicted molar refractivity (Wildman–Crippen MR) is 298 cm³/mol. The average Bonchev–Trinajstić information content (AvgIpc) is 3.76. The van der Waals surface area contributed by atoms with E-state index in [0.717, 1.165) is 17.1 Å². The van der Waals surface area contributed by atoms with Gasteiger partial charge >= 0.3 is 11.9 Å². The van der Waals surface area contributed by atoms with Gasteiger partial charge in [0.15, 0.2) is 17.4 Å². The first-order valence-electron chi connectivity index (χ1n) is 26.9. The Labute approximate surface area is 475 Å². The molecule has 26 nitrogen and oxygen atoms in total. The van der Waals surface area contributed by atoms with Gasteiger partial charge in [-0.1, -0.05) is 18.2 Å². The third kappa shape index (κ3) is 26.3. The van der Waals surface area contributed by atoms with Gasteiger partial charge in [0.2, 0.25) is 23.6 Å². The molecule has 2 aromatic heterocycles. The van der Waals surface area contributed by atoms with E-state index >= 15 is 0 Å². The van der Waals surface area contributed by atoms with Crippen molar-refractivity contribution in [3.05, 3.63) is 30.1 Å². The molecule has 0 aliphatic rings. The zero-order valence-electron chi connectivity index (χ0n) is 47.1. The molecule has 3 rings (SSSR count). The third-order valence-electron chi connectivity index (χ3n) is 12.2. The SMILES string of the molecule is CCOCc1nc2c(N)nc3ccccc3c2n1CC(C)(C)OC(=O)CCC(=O)C(C)(C)NC(=O)CCNC(=O)C(CC(=O)O)SCC(CC(=O)CCOCCOCCOCCOCCCC(=O)CNC(=O)CCC(=O)CN)C(N)=O. The van der Waals surface area contributed by atoms with Gasteiger partial charge in [-0.05, 0) is 47.1 Å². The number of carboxylic acid groups (broad SMARTS) is 1. The number of anilines is 1. The number of aliphatic carboxylic acids is 1. The number of imidazole rings is 1. The summed E-state index contributed by atoms with van der Waals surface area (Å²) in [6.07, 6.45) is -1.00. The Bertz CT molecular complexity index is 2610. The van der Waals surface area contributed by atoms with E-state index in [1.165, 1.54) is 13.8 Å². The highest BCUT2D eigenvalue weighted by Crippen LogP contribution is 2.31. The van der Waals surface area contributed by atoms with E-state index in [2.05, 4.69) is 20.9 Å². The van der Waals surface area contributed by atoms with Crippen LogP contribution >= 0.6 is 11.8 Å². The molecule has 0 aliphatic heterocycles. The van der Waals surface area contributed by atoms with Crippen molar-refractivity contribution in [2.75, 3.05) is 90.6 Å². The molecule has 0 saturated heterocycles. The van der Waals surface area contributed by atoms with E-state index in [1.807, 2.05) is 35.8 Å². The summed E-state index contributed by atoms with van der Waals surface area (Å²) in [4.78, 5) is 133. The number of hydrogen-bond donors (Lipinski definition) is 7. The van der Waals surface area contributed by atoms with Crippen LogP contribution < -0.4 is 33.2 Å². The Hall–Kier alpha value is -6.49. The van der Waals surface area contributed by atoms with Gasteiger partial charge in [0.1, 0.15) is 35.1 Å². The van der Waals surface area contributed by atoms with Crippen molar-refractivity contribution >= 4 is 98.2 Å². The quantitative estimate of drug-likeness (QED) is 0.0312. The molecular formula is C54H81N9O17S. The molecule has 0 fully saturated rings. The number of benzene rings is 1. The number of nitrogen functional groups attached to an aromatic ring is 1. The number of carbonyl (C=O) groups excluding carboxylic acids is 9. The van der Waals surface area contributed by atoms with Crippen molar-refractivity contribution in [1.82, 2.24) is 30.5 Å². The number of primary amides is 1. The van der Waals surface area contributed by atoms with Crippen molar-refractivity contribution in [2.45, 2.75) is 128 Å². The number of rotatable bonds is 45. The number of Topliss-reactive ketones (excluding diaryl/α,β-unsaturated/α-hetero) is 4. The van der Waals surface area contributed by atoms with Gasteiger partial charge in [0, 0.05) is 75.8 Å². The normalized spacial score (nSPS) is 12.4. The fourth-order valence-electron chi connectivity index (χ4n) is 7.86. The van der Waals surface area contributed by atoms with E-state index in [1.54, 1.807) is 13.8 Å². The number of nitrogens with zero attached hydrogens (tertiary/aromatic N) is 3. The van der Waals surface area contributed by atoms with Crippen LogP contribution in [0.1, 0.15) is 105 Å². The fourth-order valence-corrected chi connectivity index (χ4v) is 9.10. The van der Waals surface area contributed by atoms with Crippen LogP contribution in [0.25, 0.3) is 21.9 Å². The third-order valence-corrected chi connectivity index (χ3v) is 13.5. The molecule has 0 aliphatic carbocycles. The van der Waals surface area contributed by atoms with E-state index in [9.17, 15) is 53.1 Å². The second-order valence-electron chi connectivity index (χ2n) is 20.0. The van der Waals surface area contributed by atoms with Gasteiger partial charge in [0.05, 0.1) is 106 Å². The molecule has 0 spiro atoms. The highest BCUT2D eigenvalue weighted by Gasteiger charge is 2.33. The van der Waals surface area contributed by atoms with Crippen molar-refractivity contribution in [3.63, 3.8) is 0 Å². The maximum Gasteiger partial charge on any atom is 0.306 e. The molecular weight excluding hydrogens is 1080 g/mol. The summed E-state index contributed by atoms with van der Waals surface area (Å²) in [5.41, 5.74) is 16.5. The lowest BCUT2D eigenvalue weighted by atomic mass is 9.95. The number of nitrogens with two attached hydrogens (primary N) is 3. The Morgan fingerprint density at radius 1 is 0.728 bits per heavy atom. The van der Waals surface area contributed by atoms with Crippen LogP contribution in [-0.4, -0.2) is 180 Å². The largest absolute Gasteiger partial charge is 0.481 e. The van der Waals surface area contributed by atoms with Gasteiger partial charge in [-0.25, -0.2) is 9.97 Å². The number of pyridine rings is 1. The summed E-state index contributed by atoms with van der Waals surface area (Å²) in [5.74, 6) is -5.97. The number of ether oxygens (including phenoxy) is 6. The zero-order valence-corrected chi connectivity index (χ0v) is 47.9. The van der Waals surface area contributed by atoms with Crippen molar-refractivity contribution in [1.29, 1.82) is 0 Å². The lowest BCUT2D eigenvalue weighted by molar-refractivity contribution is -0.158. The Kier molecular flexibility index (Phi) is 30.6. The lowest BCUT2D eigenvalue weighted by Crippen LogP contribution is -2.50. The van der Waals surface area contributed by atoms with Gasteiger partial charge in [-0.15, -0.1) is 11.8 Å². The van der Waals surface area contributed by atoms with E-state index < -0.39 is 64.2 Å². The van der Waals surface area contributed by atoms with Crippen molar-refractivity contribution in [2.24, 2.45) is 17.4 Å². The number of fused-ring (bicyclic) bond motifs is 3. The summed E-state index contributed by atoms with van der Waals surface area (Å²) >= 11 is 0.838. The number of nitrogens with one attached hydrogen (secondary N) is 3. The fraction of sp³-hybridized carbons (Fsp3) is 0.630. The smallest absolute Gasteiger partial charge is 0.306 e. The predicted octanol–water partition coefficient (Wildman–Crippen LogP) is 1.64. The summed E-state index contributed by atoms with van der Waals surface area (Å²) < 4.78 is 35.3. The highest BCUT2D eigenvalue weighted by molar-refractivity contribution is 8.00. The van der Waals surface area contributed by atoms with E-state index in [-0.39, 0.29) is 145 Å². The molecule has 27 heteroatoms.